The molecule has 0 aliphatic rings. The molecule has 0 aliphatic carbocycles. The molecule has 146 valence electrons. The number of carbonyl (C=O) groups excluding carboxylic acids is 1. The Morgan fingerprint density at radius 2 is 2.04 bits per heavy atom. The number of aryl methyl sites for hydroxylation is 2. The molecule has 0 bridgehead atoms. The second-order valence-corrected chi connectivity index (χ2v) is 8.24. The molecule has 0 unspecified atom stereocenters. The van der Waals surface area contributed by atoms with Crippen molar-refractivity contribution in [2.24, 2.45) is 0 Å². The number of H-pyrrole nitrogens is 1. The highest BCUT2D eigenvalue weighted by atomic mass is 79.9. The van der Waals surface area contributed by atoms with E-state index in [4.69, 9.17) is 16.3 Å². The van der Waals surface area contributed by atoms with Crippen molar-refractivity contribution in [3.8, 4) is 5.75 Å². The summed E-state index contributed by atoms with van der Waals surface area (Å²) in [6, 6.07) is 11.2. The van der Waals surface area contributed by atoms with Gasteiger partial charge in [-0.1, -0.05) is 41.6 Å². The van der Waals surface area contributed by atoms with Crippen molar-refractivity contribution in [3.05, 3.63) is 62.8 Å². The normalized spacial score (nSPS) is 10.7. The van der Waals surface area contributed by atoms with Crippen LogP contribution in [0.1, 0.15) is 17.0 Å². The average molecular weight is 482 g/mol. The Balaban J connectivity index is 1.50. The van der Waals surface area contributed by atoms with E-state index in [1.165, 1.54) is 11.8 Å². The van der Waals surface area contributed by atoms with Gasteiger partial charge in [0.2, 0.25) is 11.1 Å². The Morgan fingerprint density at radius 1 is 1.29 bits per heavy atom. The molecular formula is C19H18BrClN4O2S. The third-order valence-corrected chi connectivity index (χ3v) is 5.89. The van der Waals surface area contributed by atoms with Gasteiger partial charge in [-0.25, -0.2) is 4.98 Å². The van der Waals surface area contributed by atoms with Crippen LogP contribution in [0.3, 0.4) is 0 Å². The number of aromatic amines is 1. The maximum absolute atomic E-state index is 12.1. The Kier molecular flexibility index (Phi) is 6.98. The molecule has 3 aromatic rings. The van der Waals surface area contributed by atoms with Gasteiger partial charge in [0.15, 0.2) is 5.82 Å². The van der Waals surface area contributed by atoms with Gasteiger partial charge in [-0.2, -0.15) is 0 Å². The van der Waals surface area contributed by atoms with Crippen LogP contribution in [0.25, 0.3) is 0 Å². The Hall–Kier alpha value is -2.03. The number of amides is 1. The highest BCUT2D eigenvalue weighted by molar-refractivity contribution is 9.10. The molecule has 0 spiro atoms. The summed E-state index contributed by atoms with van der Waals surface area (Å²) >= 11 is 10.6. The summed E-state index contributed by atoms with van der Waals surface area (Å²) in [6.07, 6.45) is 0. The first kappa shape index (κ1) is 20.7. The van der Waals surface area contributed by atoms with Crippen molar-refractivity contribution in [1.29, 1.82) is 0 Å². The van der Waals surface area contributed by atoms with Gasteiger partial charge in [-0.3, -0.25) is 9.89 Å². The largest absolute Gasteiger partial charge is 0.485 e. The summed E-state index contributed by atoms with van der Waals surface area (Å²) < 4.78 is 6.63. The fourth-order valence-electron chi connectivity index (χ4n) is 2.48. The van der Waals surface area contributed by atoms with Crippen LogP contribution >= 0.6 is 39.3 Å². The van der Waals surface area contributed by atoms with Gasteiger partial charge in [0.1, 0.15) is 12.4 Å². The van der Waals surface area contributed by atoms with Gasteiger partial charge >= 0.3 is 0 Å². The van der Waals surface area contributed by atoms with Crippen LogP contribution in [0.2, 0.25) is 5.02 Å². The van der Waals surface area contributed by atoms with Crippen molar-refractivity contribution < 1.29 is 9.53 Å². The molecule has 2 N–H and O–H groups in total. The fourth-order valence-corrected chi connectivity index (χ4v) is 3.52. The van der Waals surface area contributed by atoms with Gasteiger partial charge < -0.3 is 10.1 Å². The number of nitrogens with zero attached hydrogens (tertiary/aromatic N) is 2. The first-order valence-electron chi connectivity index (χ1n) is 8.40. The number of ether oxygens (including phenoxy) is 1. The van der Waals surface area contributed by atoms with Crippen LogP contribution in [-0.2, 0) is 11.4 Å². The maximum Gasteiger partial charge on any atom is 0.234 e. The summed E-state index contributed by atoms with van der Waals surface area (Å²) in [5.74, 6) is 1.47. The average Bonchev–Trinajstić information content (AvgIpc) is 3.11. The van der Waals surface area contributed by atoms with Crippen LogP contribution in [0.5, 0.6) is 5.75 Å². The molecule has 28 heavy (non-hydrogen) atoms. The number of hydrogen-bond acceptors (Lipinski definition) is 5. The van der Waals surface area contributed by atoms with E-state index < -0.39 is 0 Å². The van der Waals surface area contributed by atoms with Crippen LogP contribution in [-0.4, -0.2) is 26.8 Å². The zero-order chi connectivity index (χ0) is 20.1. The number of aromatic nitrogens is 3. The van der Waals surface area contributed by atoms with Crippen molar-refractivity contribution >= 4 is 50.9 Å². The van der Waals surface area contributed by atoms with E-state index in [1.54, 1.807) is 18.2 Å². The van der Waals surface area contributed by atoms with E-state index in [0.29, 0.717) is 21.7 Å². The summed E-state index contributed by atoms with van der Waals surface area (Å²) in [5.41, 5.74) is 2.77. The van der Waals surface area contributed by atoms with Gasteiger partial charge in [-0.15, -0.1) is 5.10 Å². The molecule has 1 aromatic heterocycles. The summed E-state index contributed by atoms with van der Waals surface area (Å²) in [5, 5.41) is 10.8. The molecule has 0 atom stereocenters. The van der Waals surface area contributed by atoms with E-state index in [0.717, 1.165) is 21.3 Å². The third kappa shape index (κ3) is 5.50. The molecule has 0 radical (unpaired) electrons. The van der Waals surface area contributed by atoms with Crippen molar-refractivity contribution in [2.75, 3.05) is 11.1 Å². The number of nitrogens with one attached hydrogen (secondary N) is 2. The van der Waals surface area contributed by atoms with E-state index in [9.17, 15) is 4.79 Å². The molecule has 0 fully saturated rings. The van der Waals surface area contributed by atoms with Gasteiger partial charge in [0.25, 0.3) is 0 Å². The number of carbonyl (C=O) groups is 1. The lowest BCUT2D eigenvalue weighted by Crippen LogP contribution is -2.14. The standard InChI is InChI=1S/C19H18BrClN4O2S/c1-11-4-3-5-12(2)18(11)27-9-16-23-19(25-24-16)28-10-17(26)22-13-6-7-14(20)15(21)8-13/h3-8H,9-10H2,1-2H3,(H,22,26)(H,23,24,25). The van der Waals surface area contributed by atoms with Gasteiger partial charge in [0.05, 0.1) is 10.8 Å². The summed E-state index contributed by atoms with van der Waals surface area (Å²) in [4.78, 5) is 16.5. The van der Waals surface area contributed by atoms with Crippen LogP contribution in [0.15, 0.2) is 46.0 Å². The zero-order valence-electron chi connectivity index (χ0n) is 15.3. The molecule has 0 saturated heterocycles. The number of halogens is 2. The predicted octanol–water partition coefficient (Wildman–Crippen LogP) is 5.15. The fraction of sp³-hybridized carbons (Fsp3) is 0.211. The topological polar surface area (TPSA) is 79.9 Å². The molecule has 9 heteroatoms. The molecule has 0 aliphatic heterocycles. The Labute approximate surface area is 180 Å². The van der Waals surface area contributed by atoms with Gasteiger partial charge in [0, 0.05) is 10.2 Å². The van der Waals surface area contributed by atoms with Crippen molar-refractivity contribution in [3.63, 3.8) is 0 Å². The number of hydrogen-bond donors (Lipinski definition) is 2. The predicted molar refractivity (Wildman–Crippen MR) is 115 cm³/mol. The molecule has 0 saturated carbocycles. The lowest BCUT2D eigenvalue weighted by Gasteiger charge is -2.10. The maximum atomic E-state index is 12.1. The number of benzene rings is 2. The van der Waals surface area contributed by atoms with Gasteiger partial charge in [-0.05, 0) is 59.1 Å². The molecule has 3 rings (SSSR count). The van der Waals surface area contributed by atoms with Crippen molar-refractivity contribution in [1.82, 2.24) is 15.2 Å². The first-order valence-corrected chi connectivity index (χ1v) is 10.6. The van der Waals surface area contributed by atoms with E-state index >= 15 is 0 Å². The Bertz CT molecular complexity index is 976. The van der Waals surface area contributed by atoms with Crippen LogP contribution in [0.4, 0.5) is 5.69 Å². The van der Waals surface area contributed by atoms with E-state index in [1.807, 2.05) is 32.0 Å². The van der Waals surface area contributed by atoms with E-state index in [-0.39, 0.29) is 18.3 Å². The van der Waals surface area contributed by atoms with Crippen LogP contribution < -0.4 is 10.1 Å². The summed E-state index contributed by atoms with van der Waals surface area (Å²) in [7, 11) is 0. The van der Waals surface area contributed by atoms with E-state index in [2.05, 4.69) is 36.4 Å². The minimum Gasteiger partial charge on any atom is -0.485 e. The quantitative estimate of drug-likeness (QED) is 0.456. The summed E-state index contributed by atoms with van der Waals surface area (Å²) in [6.45, 7) is 4.28. The first-order chi connectivity index (χ1) is 13.4. The molecular weight excluding hydrogens is 464 g/mol. The number of anilines is 1. The minimum absolute atomic E-state index is 0.165. The lowest BCUT2D eigenvalue weighted by molar-refractivity contribution is -0.113. The van der Waals surface area contributed by atoms with Crippen molar-refractivity contribution in [2.45, 2.75) is 25.6 Å². The Morgan fingerprint density at radius 3 is 2.75 bits per heavy atom. The molecule has 1 heterocycles. The molecule has 1 amide bonds. The second-order valence-electron chi connectivity index (χ2n) is 6.04. The monoisotopic (exact) mass is 480 g/mol. The second kappa shape index (κ2) is 9.45. The smallest absolute Gasteiger partial charge is 0.234 e. The highest BCUT2D eigenvalue weighted by Gasteiger charge is 2.10. The van der Waals surface area contributed by atoms with Crippen LogP contribution in [0, 0.1) is 13.8 Å². The highest BCUT2D eigenvalue weighted by Crippen LogP contribution is 2.26. The zero-order valence-corrected chi connectivity index (χ0v) is 18.4. The molecule has 6 nitrogen and oxygen atoms in total. The minimum atomic E-state index is -0.165. The molecule has 2 aromatic carbocycles. The third-order valence-electron chi connectivity index (χ3n) is 3.81. The number of rotatable bonds is 7. The number of para-hydroxylation sites is 1. The SMILES string of the molecule is Cc1cccc(C)c1OCc1nc(SCC(=O)Nc2ccc(Br)c(Cl)c2)n[nH]1. The lowest BCUT2D eigenvalue weighted by atomic mass is 10.1. The number of thioether (sulfide) groups is 1.